The first-order valence-electron chi connectivity index (χ1n) is 17.1. The third-order valence-electron chi connectivity index (χ3n) is 8.70. The highest BCUT2D eigenvalue weighted by Crippen LogP contribution is 2.27. The van der Waals surface area contributed by atoms with Crippen LogP contribution in [0, 0.1) is 0 Å². The lowest BCUT2D eigenvalue weighted by molar-refractivity contribution is 0.0599. The van der Waals surface area contributed by atoms with E-state index in [1.165, 1.54) is 7.11 Å². The molecule has 12 nitrogen and oxygen atoms in total. The van der Waals surface area contributed by atoms with Crippen LogP contribution in [-0.4, -0.2) is 53.4 Å². The van der Waals surface area contributed by atoms with Crippen LogP contribution in [0.25, 0.3) is 33.8 Å². The van der Waals surface area contributed by atoms with E-state index in [-0.39, 0.29) is 11.5 Å². The number of carbonyl (C=O) groups excluding carboxylic acids is 1. The Kier molecular flexibility index (Phi) is 11.9. The zero-order valence-electron chi connectivity index (χ0n) is 29.8. The van der Waals surface area contributed by atoms with Crippen molar-refractivity contribution in [3.8, 4) is 22.5 Å². The maximum Gasteiger partial charge on any atom is 0.337 e. The molecule has 0 aliphatic carbocycles. The summed E-state index contributed by atoms with van der Waals surface area (Å²) in [6.07, 6.45) is 3.35. The average molecular weight is 841 g/mol. The fraction of sp³-hybridized carbons (Fsp3) is 0.0732. The zero-order chi connectivity index (χ0) is 40.1. The number of carboxylic acids is 1. The summed E-state index contributed by atoms with van der Waals surface area (Å²) in [7, 11) is 1.36. The van der Waals surface area contributed by atoms with E-state index in [0.717, 1.165) is 39.6 Å². The molecule has 4 aromatic carbocycles. The van der Waals surface area contributed by atoms with Crippen molar-refractivity contribution in [2.75, 3.05) is 17.7 Å². The molecule has 8 rings (SSSR count). The predicted molar refractivity (Wildman–Crippen MR) is 223 cm³/mol. The van der Waals surface area contributed by atoms with Gasteiger partial charge in [-0.15, -0.1) is 0 Å². The number of halogens is 4. The predicted octanol–water partition coefficient (Wildman–Crippen LogP) is 10.1. The molecule has 286 valence electrons. The lowest BCUT2D eigenvalue weighted by Gasteiger charge is -2.12. The van der Waals surface area contributed by atoms with Gasteiger partial charge >= 0.3 is 11.9 Å². The normalized spacial score (nSPS) is 10.9. The van der Waals surface area contributed by atoms with Crippen molar-refractivity contribution in [1.29, 1.82) is 0 Å². The van der Waals surface area contributed by atoms with Gasteiger partial charge in [0.25, 0.3) is 0 Å². The van der Waals surface area contributed by atoms with Crippen molar-refractivity contribution >= 4 is 81.3 Å². The standard InChI is InChI=1S/C21H16Cl2N4O2.C20H14Cl2N4O2/c1-29-21(28)14-4-2-13(3-5-14)18-11-20(27-19(26-18)8-9-25-27)24-12-15-6-7-16(22)10-17(15)23;21-15-6-5-14(16(22)9-15)11-23-19-10-17(25-18-7-8-24-26(18)19)12-1-3-13(4-2-12)20(27)28/h2-11,24H,12H2,1H3;1-10,23H,11H2,(H,27,28). The summed E-state index contributed by atoms with van der Waals surface area (Å²) in [6, 6.07) is 31.8. The van der Waals surface area contributed by atoms with Gasteiger partial charge in [0.2, 0.25) is 0 Å². The number of rotatable bonds is 10. The van der Waals surface area contributed by atoms with Crippen LogP contribution in [0.5, 0.6) is 0 Å². The quantitative estimate of drug-likeness (QED) is 0.114. The monoisotopic (exact) mass is 838 g/mol. The van der Waals surface area contributed by atoms with Crippen molar-refractivity contribution in [2.45, 2.75) is 13.1 Å². The third-order valence-corrected chi connectivity index (χ3v) is 9.87. The van der Waals surface area contributed by atoms with Crippen LogP contribution in [0.3, 0.4) is 0 Å². The molecule has 0 radical (unpaired) electrons. The number of carboxylic acid groups (broad SMARTS) is 1. The Morgan fingerprint density at radius 2 is 1.05 bits per heavy atom. The summed E-state index contributed by atoms with van der Waals surface area (Å²) >= 11 is 24.5. The van der Waals surface area contributed by atoms with E-state index < -0.39 is 5.97 Å². The van der Waals surface area contributed by atoms with Crippen molar-refractivity contribution in [2.24, 2.45) is 0 Å². The highest BCUT2D eigenvalue weighted by atomic mass is 35.5. The Bertz CT molecular complexity index is 2740. The number of anilines is 2. The number of esters is 1. The lowest BCUT2D eigenvalue weighted by atomic mass is 10.1. The Morgan fingerprint density at radius 1 is 0.614 bits per heavy atom. The summed E-state index contributed by atoms with van der Waals surface area (Å²) in [5, 5.41) is 26.7. The van der Waals surface area contributed by atoms with Crippen LogP contribution in [0.1, 0.15) is 31.8 Å². The first kappa shape index (κ1) is 39.1. The van der Waals surface area contributed by atoms with Crippen molar-refractivity contribution in [3.63, 3.8) is 0 Å². The van der Waals surface area contributed by atoms with Gasteiger partial charge in [0, 0.05) is 68.6 Å². The Hall–Kier alpha value is -6.18. The summed E-state index contributed by atoms with van der Waals surface area (Å²) in [5.41, 5.74) is 7.02. The molecular formula is C41H30Cl4N8O4. The number of aromatic nitrogens is 6. The fourth-order valence-electron chi connectivity index (χ4n) is 5.75. The van der Waals surface area contributed by atoms with Crippen LogP contribution >= 0.6 is 46.4 Å². The van der Waals surface area contributed by atoms with Gasteiger partial charge in [0.15, 0.2) is 11.3 Å². The van der Waals surface area contributed by atoms with E-state index in [9.17, 15) is 9.59 Å². The van der Waals surface area contributed by atoms with E-state index in [0.29, 0.717) is 55.7 Å². The number of nitrogens with zero attached hydrogens (tertiary/aromatic N) is 6. The van der Waals surface area contributed by atoms with E-state index in [4.69, 9.17) is 56.2 Å². The van der Waals surface area contributed by atoms with E-state index in [2.05, 4.69) is 30.8 Å². The molecule has 0 saturated carbocycles. The summed E-state index contributed by atoms with van der Waals surface area (Å²) in [5.74, 6) is 0.155. The molecule has 0 spiro atoms. The highest BCUT2D eigenvalue weighted by molar-refractivity contribution is 6.35. The van der Waals surface area contributed by atoms with E-state index in [1.54, 1.807) is 88.2 Å². The Morgan fingerprint density at radius 3 is 1.46 bits per heavy atom. The van der Waals surface area contributed by atoms with E-state index >= 15 is 0 Å². The number of hydrogen-bond acceptors (Lipinski definition) is 9. The second-order valence-electron chi connectivity index (χ2n) is 12.4. The molecule has 0 aliphatic heterocycles. The fourth-order valence-corrected chi connectivity index (χ4v) is 6.70. The van der Waals surface area contributed by atoms with Crippen LogP contribution in [0.4, 0.5) is 11.6 Å². The molecule has 0 amide bonds. The molecule has 0 aliphatic rings. The number of carbonyl (C=O) groups is 2. The zero-order valence-corrected chi connectivity index (χ0v) is 32.9. The molecule has 8 aromatic rings. The number of fused-ring (bicyclic) bond motifs is 2. The highest BCUT2D eigenvalue weighted by Gasteiger charge is 2.13. The minimum atomic E-state index is -0.965. The minimum Gasteiger partial charge on any atom is -0.478 e. The SMILES string of the molecule is COC(=O)c1ccc(-c2cc(NCc3ccc(Cl)cc3Cl)n3nccc3n2)cc1.O=C(O)c1ccc(-c2cc(NCc3ccc(Cl)cc3Cl)n3nccc3n2)cc1. The van der Waals surface area contributed by atoms with Crippen LogP contribution in [-0.2, 0) is 17.8 Å². The van der Waals surface area contributed by atoms with Crippen LogP contribution < -0.4 is 10.6 Å². The largest absolute Gasteiger partial charge is 0.478 e. The molecule has 4 heterocycles. The first-order chi connectivity index (χ1) is 27.6. The summed E-state index contributed by atoms with van der Waals surface area (Å²) < 4.78 is 8.16. The number of aromatic carboxylic acids is 1. The van der Waals surface area contributed by atoms with Crippen LogP contribution in [0.15, 0.2) is 122 Å². The van der Waals surface area contributed by atoms with Crippen molar-refractivity contribution < 1.29 is 19.4 Å². The van der Waals surface area contributed by atoms with Gasteiger partial charge < -0.3 is 20.5 Å². The van der Waals surface area contributed by atoms with Gasteiger partial charge in [-0.1, -0.05) is 82.8 Å². The molecule has 3 N–H and O–H groups in total. The molecule has 0 bridgehead atoms. The second-order valence-corrected chi connectivity index (χ2v) is 14.1. The van der Waals surface area contributed by atoms with Gasteiger partial charge in [-0.2, -0.15) is 19.2 Å². The van der Waals surface area contributed by atoms with Gasteiger partial charge in [0.1, 0.15) is 11.6 Å². The Labute approximate surface area is 345 Å². The lowest BCUT2D eigenvalue weighted by Crippen LogP contribution is -2.07. The van der Waals surface area contributed by atoms with Gasteiger partial charge in [-0.25, -0.2) is 19.6 Å². The number of benzene rings is 4. The number of hydrogen-bond donors (Lipinski definition) is 3. The Balaban J connectivity index is 0.000000174. The van der Waals surface area contributed by atoms with Gasteiger partial charge in [0.05, 0.1) is 42.0 Å². The third kappa shape index (κ3) is 9.11. The smallest absolute Gasteiger partial charge is 0.337 e. The maximum atomic E-state index is 11.6. The topological polar surface area (TPSA) is 148 Å². The number of ether oxygens (including phenoxy) is 1. The molecule has 4 aromatic heterocycles. The summed E-state index contributed by atoms with van der Waals surface area (Å²) in [6.45, 7) is 0.974. The molecule has 0 fully saturated rings. The minimum absolute atomic E-state index is 0.227. The molecule has 0 saturated heterocycles. The van der Waals surface area contributed by atoms with Gasteiger partial charge in [-0.05, 0) is 59.7 Å². The van der Waals surface area contributed by atoms with E-state index in [1.807, 2.05) is 42.5 Å². The molecule has 16 heteroatoms. The van der Waals surface area contributed by atoms with Gasteiger partial charge in [-0.3, -0.25) is 0 Å². The second kappa shape index (κ2) is 17.3. The number of methoxy groups -OCH3 is 1. The summed E-state index contributed by atoms with van der Waals surface area (Å²) in [4.78, 5) is 31.9. The van der Waals surface area contributed by atoms with Crippen molar-refractivity contribution in [1.82, 2.24) is 29.2 Å². The number of nitrogens with one attached hydrogen (secondary N) is 2. The van der Waals surface area contributed by atoms with Crippen molar-refractivity contribution in [3.05, 3.63) is 164 Å². The first-order valence-corrected chi connectivity index (χ1v) is 18.6. The average Bonchev–Trinajstić information content (AvgIpc) is 3.90. The maximum absolute atomic E-state index is 11.6. The molecule has 57 heavy (non-hydrogen) atoms. The molecule has 0 atom stereocenters. The molecular weight excluding hydrogens is 810 g/mol. The van der Waals surface area contributed by atoms with Crippen LogP contribution in [0.2, 0.25) is 20.1 Å². The molecule has 0 unspecified atom stereocenters.